The van der Waals surface area contributed by atoms with Gasteiger partial charge in [-0.3, -0.25) is 19.5 Å². The molecule has 1 fully saturated rings. The molecule has 174 valence electrons. The van der Waals surface area contributed by atoms with Gasteiger partial charge in [-0.05, 0) is 60.8 Å². The van der Waals surface area contributed by atoms with Crippen molar-refractivity contribution >= 4 is 5.91 Å². The number of aromatic nitrogens is 2. The Morgan fingerprint density at radius 1 is 1.09 bits per heavy atom. The number of aliphatic hydroxyl groups is 1. The fraction of sp³-hybridized carbons (Fsp3) is 0.370. The lowest BCUT2D eigenvalue weighted by atomic mass is 9.88. The Kier molecular flexibility index (Phi) is 5.12. The van der Waals surface area contributed by atoms with Crippen LogP contribution >= 0.6 is 0 Å². The second kappa shape index (κ2) is 8.18. The van der Waals surface area contributed by atoms with E-state index < -0.39 is 6.04 Å². The standard InChI is InChI=1S/C27H28N4O3/c1-30-24-21(14-31-23(24)7-6-20(27(31)34)16-8-10-28-11-9-16)22(15-32)25(30)26(33)29-19-12-17-4-2-3-5-18(17)13-19/h2-11,19,21-22,24-25,32H,12-15H2,1H3,(H,29,33)/t21-,22-,24+,25-/m1/s1. The van der Waals surface area contributed by atoms with Crippen LogP contribution in [0.4, 0.5) is 0 Å². The van der Waals surface area contributed by atoms with Gasteiger partial charge in [0, 0.05) is 54.7 Å². The minimum absolute atomic E-state index is 0.00640. The molecular formula is C27H28N4O3. The molecule has 4 atom stereocenters. The van der Waals surface area contributed by atoms with Crippen LogP contribution in [0.1, 0.15) is 22.9 Å². The van der Waals surface area contributed by atoms with Gasteiger partial charge in [0.1, 0.15) is 0 Å². The number of likely N-dealkylation sites (tertiary alicyclic amines) is 1. The molecule has 1 aromatic carbocycles. The Balaban J connectivity index is 1.26. The number of hydrogen-bond acceptors (Lipinski definition) is 5. The van der Waals surface area contributed by atoms with Crippen LogP contribution in [-0.4, -0.2) is 51.2 Å². The molecule has 3 aromatic rings. The highest BCUT2D eigenvalue weighted by molar-refractivity contribution is 5.83. The summed E-state index contributed by atoms with van der Waals surface area (Å²) in [7, 11) is 1.94. The van der Waals surface area contributed by atoms with Crippen LogP contribution in [0.3, 0.4) is 0 Å². The van der Waals surface area contributed by atoms with E-state index in [4.69, 9.17) is 0 Å². The summed E-state index contributed by atoms with van der Waals surface area (Å²) >= 11 is 0. The largest absolute Gasteiger partial charge is 0.396 e. The van der Waals surface area contributed by atoms with E-state index >= 15 is 0 Å². The summed E-state index contributed by atoms with van der Waals surface area (Å²) in [5.74, 6) is -0.259. The molecule has 34 heavy (non-hydrogen) atoms. The van der Waals surface area contributed by atoms with Gasteiger partial charge in [-0.2, -0.15) is 0 Å². The van der Waals surface area contributed by atoms with E-state index in [1.165, 1.54) is 11.1 Å². The van der Waals surface area contributed by atoms with Crippen LogP contribution in [0, 0.1) is 11.8 Å². The molecule has 0 spiro atoms. The summed E-state index contributed by atoms with van der Waals surface area (Å²) in [6.45, 7) is 0.417. The summed E-state index contributed by atoms with van der Waals surface area (Å²) in [4.78, 5) is 32.9. The Morgan fingerprint density at radius 2 is 1.79 bits per heavy atom. The smallest absolute Gasteiger partial charge is 0.258 e. The van der Waals surface area contributed by atoms with Gasteiger partial charge in [0.05, 0.1) is 12.1 Å². The third kappa shape index (κ3) is 3.22. The number of nitrogens with one attached hydrogen (secondary N) is 1. The first-order valence-electron chi connectivity index (χ1n) is 11.9. The number of likely N-dealkylation sites (N-methyl/N-ethyl adjacent to an activating group) is 1. The van der Waals surface area contributed by atoms with Crippen molar-refractivity contribution in [3.8, 4) is 11.1 Å². The van der Waals surface area contributed by atoms with Crippen molar-refractivity contribution in [1.82, 2.24) is 19.8 Å². The van der Waals surface area contributed by atoms with Crippen LogP contribution < -0.4 is 10.9 Å². The lowest BCUT2D eigenvalue weighted by molar-refractivity contribution is -0.127. The number of fused-ring (bicyclic) bond motifs is 4. The quantitative estimate of drug-likeness (QED) is 0.625. The van der Waals surface area contributed by atoms with Gasteiger partial charge in [-0.1, -0.05) is 24.3 Å². The summed E-state index contributed by atoms with van der Waals surface area (Å²) in [6, 6.07) is 15.5. The Morgan fingerprint density at radius 3 is 2.47 bits per heavy atom. The molecule has 2 N–H and O–H groups in total. The number of aliphatic hydroxyl groups excluding tert-OH is 1. The zero-order valence-corrected chi connectivity index (χ0v) is 19.1. The average Bonchev–Trinajstić information content (AvgIpc) is 3.51. The number of pyridine rings is 2. The maximum Gasteiger partial charge on any atom is 0.258 e. The minimum atomic E-state index is -0.424. The lowest BCUT2D eigenvalue weighted by Crippen LogP contribution is -2.50. The van der Waals surface area contributed by atoms with Crippen LogP contribution in [-0.2, 0) is 24.2 Å². The molecule has 2 aliphatic heterocycles. The molecule has 1 saturated heterocycles. The van der Waals surface area contributed by atoms with Crippen molar-refractivity contribution in [3.05, 3.63) is 88.1 Å². The highest BCUT2D eigenvalue weighted by Gasteiger charge is 2.54. The monoisotopic (exact) mass is 456 g/mol. The average molecular weight is 457 g/mol. The Hall–Kier alpha value is -3.29. The van der Waals surface area contributed by atoms with Crippen molar-refractivity contribution in [2.24, 2.45) is 11.8 Å². The molecule has 1 amide bonds. The van der Waals surface area contributed by atoms with E-state index in [1.54, 1.807) is 12.4 Å². The molecule has 3 aliphatic rings. The van der Waals surface area contributed by atoms with Gasteiger partial charge in [0.15, 0.2) is 0 Å². The van der Waals surface area contributed by atoms with E-state index in [9.17, 15) is 14.7 Å². The normalized spacial score (nSPS) is 25.7. The number of nitrogens with zero attached hydrogens (tertiary/aromatic N) is 3. The molecule has 0 unspecified atom stereocenters. The van der Waals surface area contributed by atoms with Gasteiger partial charge < -0.3 is 15.0 Å². The predicted molar refractivity (Wildman–Crippen MR) is 128 cm³/mol. The van der Waals surface area contributed by atoms with Crippen LogP contribution in [0.15, 0.2) is 65.7 Å². The second-order valence-electron chi connectivity index (χ2n) is 9.77. The van der Waals surface area contributed by atoms with E-state index in [0.29, 0.717) is 12.1 Å². The van der Waals surface area contributed by atoms with Crippen LogP contribution in [0.2, 0.25) is 0 Å². The number of hydrogen-bond donors (Lipinski definition) is 2. The first kappa shape index (κ1) is 21.3. The summed E-state index contributed by atoms with van der Waals surface area (Å²) in [5, 5.41) is 13.6. The maximum atomic E-state index is 13.4. The van der Waals surface area contributed by atoms with E-state index in [1.807, 2.05) is 48.0 Å². The molecule has 2 aromatic heterocycles. The van der Waals surface area contributed by atoms with E-state index in [2.05, 4.69) is 27.3 Å². The first-order valence-corrected chi connectivity index (χ1v) is 11.9. The molecule has 6 rings (SSSR count). The van der Waals surface area contributed by atoms with Crippen molar-refractivity contribution < 1.29 is 9.90 Å². The van der Waals surface area contributed by atoms with E-state index in [-0.39, 0.29) is 42.0 Å². The van der Waals surface area contributed by atoms with Crippen molar-refractivity contribution in [2.75, 3.05) is 13.7 Å². The minimum Gasteiger partial charge on any atom is -0.396 e. The molecule has 7 nitrogen and oxygen atoms in total. The van der Waals surface area contributed by atoms with Crippen molar-refractivity contribution in [1.29, 1.82) is 0 Å². The fourth-order valence-corrected chi connectivity index (χ4v) is 6.47. The fourth-order valence-electron chi connectivity index (χ4n) is 6.47. The zero-order chi connectivity index (χ0) is 23.4. The van der Waals surface area contributed by atoms with E-state index in [0.717, 1.165) is 24.1 Å². The third-order valence-electron chi connectivity index (χ3n) is 8.01. The van der Waals surface area contributed by atoms with Gasteiger partial charge in [-0.25, -0.2) is 0 Å². The highest BCUT2D eigenvalue weighted by atomic mass is 16.3. The van der Waals surface area contributed by atoms with Crippen molar-refractivity contribution in [2.45, 2.75) is 37.5 Å². The van der Waals surface area contributed by atoms with Gasteiger partial charge >= 0.3 is 0 Å². The lowest BCUT2D eigenvalue weighted by Gasteiger charge is -2.28. The topological polar surface area (TPSA) is 87.5 Å². The molecule has 0 bridgehead atoms. The maximum absolute atomic E-state index is 13.4. The molecule has 7 heteroatoms. The number of rotatable bonds is 4. The zero-order valence-electron chi connectivity index (χ0n) is 19.1. The number of benzene rings is 1. The Labute approximate surface area is 198 Å². The van der Waals surface area contributed by atoms with Crippen LogP contribution in [0.5, 0.6) is 0 Å². The SMILES string of the molecule is CN1[C@@H]2c3ccc(-c4ccncc4)c(=O)n3C[C@@H]2[C@@H](CO)[C@@H]1C(=O)NC1Cc2ccccc2C1. The molecule has 1 aliphatic carbocycles. The number of amides is 1. The van der Waals surface area contributed by atoms with Gasteiger partial charge in [0.2, 0.25) is 5.91 Å². The van der Waals surface area contributed by atoms with Crippen LogP contribution in [0.25, 0.3) is 11.1 Å². The van der Waals surface area contributed by atoms with Gasteiger partial charge in [-0.15, -0.1) is 0 Å². The molecule has 0 saturated carbocycles. The summed E-state index contributed by atoms with van der Waals surface area (Å²) in [6.07, 6.45) is 5.04. The second-order valence-corrected chi connectivity index (χ2v) is 9.77. The predicted octanol–water partition coefficient (Wildman–Crippen LogP) is 1.79. The third-order valence-corrected chi connectivity index (χ3v) is 8.01. The first-order chi connectivity index (χ1) is 16.6. The number of carbonyl (C=O) groups is 1. The number of carbonyl (C=O) groups excluding carboxylic acids is 1. The highest BCUT2D eigenvalue weighted by Crippen LogP contribution is 2.48. The molecule has 4 heterocycles. The summed E-state index contributed by atoms with van der Waals surface area (Å²) < 4.78 is 1.83. The van der Waals surface area contributed by atoms with Gasteiger partial charge in [0.25, 0.3) is 5.56 Å². The molecule has 0 radical (unpaired) electrons. The van der Waals surface area contributed by atoms with Crippen molar-refractivity contribution in [3.63, 3.8) is 0 Å². The summed E-state index contributed by atoms with van der Waals surface area (Å²) in [5.41, 5.74) is 4.95. The molecular weight excluding hydrogens is 428 g/mol. The Bertz CT molecular complexity index is 1280.